The van der Waals surface area contributed by atoms with Crippen molar-refractivity contribution in [2.75, 3.05) is 13.1 Å². The number of nitrogens with zero attached hydrogens (tertiary/aromatic N) is 2. The Bertz CT molecular complexity index is 731. The first-order chi connectivity index (χ1) is 10.6. The molecule has 4 rings (SSSR count). The maximum absolute atomic E-state index is 13.3. The van der Waals surface area contributed by atoms with Crippen molar-refractivity contribution in [2.24, 2.45) is 17.6 Å². The molecule has 2 N–H and O–H groups in total. The predicted molar refractivity (Wildman–Crippen MR) is 85.7 cm³/mol. The highest BCUT2D eigenvalue weighted by atomic mass is 35.5. The van der Waals surface area contributed by atoms with Crippen LogP contribution in [-0.2, 0) is 11.2 Å². The van der Waals surface area contributed by atoms with E-state index in [1.54, 1.807) is 0 Å². The van der Waals surface area contributed by atoms with E-state index in [1.165, 1.54) is 31.0 Å². The van der Waals surface area contributed by atoms with Gasteiger partial charge in [-0.15, -0.1) is 12.4 Å². The van der Waals surface area contributed by atoms with Crippen LogP contribution in [-0.4, -0.2) is 35.1 Å². The molecule has 1 saturated carbocycles. The molecule has 2 aromatic rings. The SMILES string of the molecule is Cl.N[C@@H]1CN(C(=O)Cc2noc3ccc(F)cc23)C[C@H]1C1CC1. The van der Waals surface area contributed by atoms with Gasteiger partial charge in [0.25, 0.3) is 0 Å². The van der Waals surface area contributed by atoms with Gasteiger partial charge >= 0.3 is 0 Å². The molecule has 0 bridgehead atoms. The van der Waals surface area contributed by atoms with Crippen LogP contribution in [0, 0.1) is 17.7 Å². The number of amides is 1. The fourth-order valence-electron chi connectivity index (χ4n) is 3.42. The van der Waals surface area contributed by atoms with Gasteiger partial charge in [0.2, 0.25) is 5.91 Å². The van der Waals surface area contributed by atoms with Gasteiger partial charge in [-0.3, -0.25) is 4.79 Å². The van der Waals surface area contributed by atoms with E-state index < -0.39 is 0 Å². The summed E-state index contributed by atoms with van der Waals surface area (Å²) in [6, 6.07) is 4.28. The number of halogens is 2. The highest BCUT2D eigenvalue weighted by Crippen LogP contribution is 2.41. The smallest absolute Gasteiger partial charge is 0.228 e. The number of benzene rings is 1. The number of nitrogens with two attached hydrogens (primary N) is 1. The van der Waals surface area contributed by atoms with E-state index in [2.05, 4.69) is 5.16 Å². The van der Waals surface area contributed by atoms with Crippen LogP contribution in [0.3, 0.4) is 0 Å². The molecule has 5 nitrogen and oxygen atoms in total. The molecule has 2 aliphatic rings. The van der Waals surface area contributed by atoms with Crippen LogP contribution in [0.25, 0.3) is 11.0 Å². The van der Waals surface area contributed by atoms with E-state index in [1.807, 2.05) is 4.90 Å². The molecule has 1 aromatic heterocycles. The van der Waals surface area contributed by atoms with Gasteiger partial charge < -0.3 is 15.2 Å². The zero-order chi connectivity index (χ0) is 15.3. The molecule has 2 heterocycles. The minimum Gasteiger partial charge on any atom is -0.356 e. The van der Waals surface area contributed by atoms with Crippen molar-refractivity contribution in [3.05, 3.63) is 29.7 Å². The number of carbonyl (C=O) groups is 1. The lowest BCUT2D eigenvalue weighted by molar-refractivity contribution is -0.129. The third kappa shape index (κ3) is 3.05. The van der Waals surface area contributed by atoms with Gasteiger partial charge in [0.05, 0.1) is 6.42 Å². The van der Waals surface area contributed by atoms with Crippen LogP contribution < -0.4 is 5.73 Å². The molecule has 23 heavy (non-hydrogen) atoms. The first-order valence-corrected chi connectivity index (χ1v) is 7.69. The Labute approximate surface area is 139 Å². The number of fused-ring (bicyclic) bond motifs is 1. The van der Waals surface area contributed by atoms with E-state index in [4.69, 9.17) is 10.3 Å². The van der Waals surface area contributed by atoms with Gasteiger partial charge in [-0.05, 0) is 42.9 Å². The summed E-state index contributed by atoms with van der Waals surface area (Å²) in [5, 5.41) is 4.48. The molecule has 1 amide bonds. The van der Waals surface area contributed by atoms with Crippen LogP contribution >= 0.6 is 12.4 Å². The largest absolute Gasteiger partial charge is 0.356 e. The summed E-state index contributed by atoms with van der Waals surface area (Å²) < 4.78 is 18.5. The average Bonchev–Trinajstić information content (AvgIpc) is 3.16. The fraction of sp³-hybridized carbons (Fsp3) is 0.500. The summed E-state index contributed by atoms with van der Waals surface area (Å²) in [4.78, 5) is 14.3. The highest BCUT2D eigenvalue weighted by molar-refractivity contribution is 5.86. The lowest BCUT2D eigenvalue weighted by Gasteiger charge is -2.15. The molecule has 1 aliphatic heterocycles. The van der Waals surface area contributed by atoms with Crippen molar-refractivity contribution < 1.29 is 13.7 Å². The maximum atomic E-state index is 13.3. The van der Waals surface area contributed by atoms with Gasteiger partial charge in [-0.1, -0.05) is 5.16 Å². The van der Waals surface area contributed by atoms with Gasteiger partial charge in [-0.25, -0.2) is 4.39 Å². The Hall–Kier alpha value is -1.66. The monoisotopic (exact) mass is 339 g/mol. The van der Waals surface area contributed by atoms with Gasteiger partial charge in [0.1, 0.15) is 11.5 Å². The second kappa shape index (κ2) is 6.09. The Morgan fingerprint density at radius 2 is 2.17 bits per heavy atom. The standard InChI is InChI=1S/C16H18FN3O2.ClH/c17-10-3-4-15-11(5-10)14(19-22-15)6-16(21)20-7-12(9-1-2-9)13(18)8-20;/h3-5,9,12-13H,1-2,6-8,18H2;1H/t12-,13+;/m0./s1. The van der Waals surface area contributed by atoms with E-state index in [9.17, 15) is 9.18 Å². The lowest BCUT2D eigenvalue weighted by Crippen LogP contribution is -2.33. The number of hydrogen-bond acceptors (Lipinski definition) is 4. The molecule has 1 saturated heterocycles. The molecular formula is C16H19ClFN3O2. The second-order valence-corrected chi connectivity index (χ2v) is 6.41. The van der Waals surface area contributed by atoms with Crippen molar-refractivity contribution in [3.63, 3.8) is 0 Å². The molecule has 124 valence electrons. The normalized spacial score (nSPS) is 24.0. The van der Waals surface area contributed by atoms with Crippen molar-refractivity contribution >= 4 is 29.3 Å². The van der Waals surface area contributed by atoms with E-state index >= 15 is 0 Å². The Kier molecular flexibility index (Phi) is 4.29. The number of likely N-dealkylation sites (tertiary alicyclic amines) is 1. The summed E-state index contributed by atoms with van der Waals surface area (Å²) in [7, 11) is 0. The number of hydrogen-bond donors (Lipinski definition) is 1. The van der Waals surface area contributed by atoms with E-state index in [0.717, 1.165) is 6.54 Å². The number of rotatable bonds is 3. The van der Waals surface area contributed by atoms with Gasteiger partial charge in [-0.2, -0.15) is 0 Å². The van der Waals surface area contributed by atoms with Crippen molar-refractivity contribution in [3.8, 4) is 0 Å². The predicted octanol–water partition coefficient (Wildman–Crippen LogP) is 2.13. The topological polar surface area (TPSA) is 72.4 Å². The van der Waals surface area contributed by atoms with Crippen LogP contribution in [0.5, 0.6) is 0 Å². The molecule has 2 atom stereocenters. The van der Waals surface area contributed by atoms with Gasteiger partial charge in [0, 0.05) is 24.5 Å². The average molecular weight is 340 g/mol. The second-order valence-electron chi connectivity index (χ2n) is 6.41. The maximum Gasteiger partial charge on any atom is 0.228 e. The summed E-state index contributed by atoms with van der Waals surface area (Å²) in [5.41, 5.74) is 7.14. The van der Waals surface area contributed by atoms with Crippen LogP contribution in [0.1, 0.15) is 18.5 Å². The summed E-state index contributed by atoms with van der Waals surface area (Å²) in [6.45, 7) is 1.33. The van der Waals surface area contributed by atoms with Crippen molar-refractivity contribution in [2.45, 2.75) is 25.3 Å². The first kappa shape index (κ1) is 16.2. The molecule has 2 fully saturated rings. The summed E-state index contributed by atoms with van der Waals surface area (Å²) >= 11 is 0. The number of carbonyl (C=O) groups excluding carboxylic acids is 1. The zero-order valence-electron chi connectivity index (χ0n) is 12.6. The minimum atomic E-state index is -0.360. The summed E-state index contributed by atoms with van der Waals surface area (Å²) in [6.07, 6.45) is 2.59. The first-order valence-electron chi connectivity index (χ1n) is 7.69. The van der Waals surface area contributed by atoms with Crippen molar-refractivity contribution in [1.82, 2.24) is 10.1 Å². The molecular weight excluding hydrogens is 321 g/mol. The van der Waals surface area contributed by atoms with Crippen molar-refractivity contribution in [1.29, 1.82) is 0 Å². The van der Waals surface area contributed by atoms with Crippen LogP contribution in [0.4, 0.5) is 4.39 Å². The highest BCUT2D eigenvalue weighted by Gasteiger charge is 2.42. The van der Waals surface area contributed by atoms with E-state index in [-0.39, 0.29) is 36.6 Å². The molecule has 1 aliphatic carbocycles. The zero-order valence-corrected chi connectivity index (χ0v) is 13.4. The fourth-order valence-corrected chi connectivity index (χ4v) is 3.42. The Balaban J connectivity index is 0.00000156. The lowest BCUT2D eigenvalue weighted by atomic mass is 9.99. The minimum absolute atomic E-state index is 0. The summed E-state index contributed by atoms with van der Waals surface area (Å²) in [5.74, 6) is 0.740. The third-order valence-electron chi connectivity index (χ3n) is 4.82. The molecule has 1 aromatic carbocycles. The Morgan fingerprint density at radius 1 is 1.39 bits per heavy atom. The third-order valence-corrected chi connectivity index (χ3v) is 4.82. The molecule has 7 heteroatoms. The quantitative estimate of drug-likeness (QED) is 0.929. The van der Waals surface area contributed by atoms with Crippen LogP contribution in [0.2, 0.25) is 0 Å². The van der Waals surface area contributed by atoms with Crippen LogP contribution in [0.15, 0.2) is 22.7 Å². The number of aromatic nitrogens is 1. The molecule has 0 unspecified atom stereocenters. The van der Waals surface area contributed by atoms with E-state index in [0.29, 0.717) is 35.0 Å². The molecule has 0 spiro atoms. The van der Waals surface area contributed by atoms with Gasteiger partial charge in [0.15, 0.2) is 5.58 Å². The molecule has 0 radical (unpaired) electrons. The Morgan fingerprint density at radius 3 is 2.91 bits per heavy atom.